The molecule has 0 atom stereocenters. The van der Waals surface area contributed by atoms with Gasteiger partial charge in [-0.15, -0.1) is 0 Å². The number of rotatable bonds is 5. The summed E-state index contributed by atoms with van der Waals surface area (Å²) in [5.41, 5.74) is 7.27. The molecule has 0 bridgehead atoms. The third kappa shape index (κ3) is 6.33. The Kier molecular flexibility index (Phi) is 10.7. The minimum Gasteiger partial charge on any atom is -0.396 e. The molecular formula is C14H24N4O3. The fourth-order valence-corrected chi connectivity index (χ4v) is 1.70. The highest BCUT2D eigenvalue weighted by molar-refractivity contribution is 5.77. The Morgan fingerprint density at radius 1 is 1.29 bits per heavy atom. The highest BCUT2D eigenvalue weighted by Gasteiger charge is 2.04. The summed E-state index contributed by atoms with van der Waals surface area (Å²) in [6.45, 7) is 4.91. The molecule has 7 heteroatoms. The van der Waals surface area contributed by atoms with Crippen LogP contribution in [0.5, 0.6) is 0 Å². The first-order chi connectivity index (χ1) is 10.2. The summed E-state index contributed by atoms with van der Waals surface area (Å²) in [5, 5.41) is 8.29. The van der Waals surface area contributed by atoms with Crippen LogP contribution in [-0.2, 0) is 11.3 Å². The zero-order chi connectivity index (χ0) is 16.1. The fourth-order valence-electron chi connectivity index (χ4n) is 1.70. The van der Waals surface area contributed by atoms with Gasteiger partial charge in [-0.1, -0.05) is 26.2 Å². The van der Waals surface area contributed by atoms with Gasteiger partial charge < -0.3 is 25.6 Å². The number of aliphatic hydroxyl groups excluding tert-OH is 1. The molecule has 0 aliphatic carbocycles. The topological polar surface area (TPSA) is 125 Å². The number of H-pyrrole nitrogens is 2. The molecule has 0 spiro atoms. The van der Waals surface area contributed by atoms with E-state index >= 15 is 0 Å². The summed E-state index contributed by atoms with van der Waals surface area (Å²) in [6.07, 6.45) is 7.76. The number of carbonyl (C=O) groups excluding carboxylic acids is 1. The van der Waals surface area contributed by atoms with Gasteiger partial charge in [0.1, 0.15) is 12.3 Å². The molecule has 2 heterocycles. The number of unbranched alkanes of at least 4 members (excludes halogenated alkanes) is 3. The van der Waals surface area contributed by atoms with Crippen LogP contribution in [0, 0.1) is 0 Å². The van der Waals surface area contributed by atoms with Crippen LogP contribution < -0.4 is 11.3 Å². The van der Waals surface area contributed by atoms with Crippen LogP contribution in [0.2, 0.25) is 0 Å². The second-order valence-electron chi connectivity index (χ2n) is 4.26. The number of aliphatic hydroxyl groups is 1. The maximum atomic E-state index is 11.1. The average Bonchev–Trinajstić information content (AvgIpc) is 2.95. The number of nitrogens with two attached hydrogens (primary N) is 1. The van der Waals surface area contributed by atoms with Crippen molar-refractivity contribution in [3.8, 4) is 0 Å². The number of nitrogens with one attached hydrogen (secondary N) is 2. The van der Waals surface area contributed by atoms with Crippen molar-refractivity contribution in [3.05, 3.63) is 28.4 Å². The Labute approximate surface area is 123 Å². The van der Waals surface area contributed by atoms with Gasteiger partial charge in [0.05, 0.1) is 11.8 Å². The predicted octanol–water partition coefficient (Wildman–Crippen LogP) is 1.08. The predicted molar refractivity (Wildman–Crippen MR) is 83.0 cm³/mol. The first-order valence-corrected chi connectivity index (χ1v) is 6.88. The van der Waals surface area contributed by atoms with Gasteiger partial charge in [-0.2, -0.15) is 0 Å². The third-order valence-corrected chi connectivity index (χ3v) is 2.78. The fraction of sp³-hybridized carbons (Fsp3) is 0.500. The Bertz CT molecular complexity index is 546. The summed E-state index contributed by atoms with van der Waals surface area (Å²) in [6, 6.07) is 0. The van der Waals surface area contributed by atoms with Gasteiger partial charge in [-0.25, -0.2) is 4.98 Å². The van der Waals surface area contributed by atoms with Crippen molar-refractivity contribution in [2.75, 3.05) is 6.61 Å². The van der Waals surface area contributed by atoms with E-state index in [4.69, 9.17) is 15.6 Å². The van der Waals surface area contributed by atoms with Gasteiger partial charge >= 0.3 is 0 Å². The average molecular weight is 296 g/mol. The Morgan fingerprint density at radius 3 is 2.57 bits per heavy atom. The maximum absolute atomic E-state index is 11.1. The quantitative estimate of drug-likeness (QED) is 0.614. The summed E-state index contributed by atoms with van der Waals surface area (Å²) >= 11 is 0. The lowest BCUT2D eigenvalue weighted by Crippen LogP contribution is -2.06. The SMILES string of the molecule is C=O.CCCCCCO.NCc1c[nH]c2c(=O)[nH]cnc12. The summed E-state index contributed by atoms with van der Waals surface area (Å²) in [7, 11) is 0. The van der Waals surface area contributed by atoms with Gasteiger partial charge in [0.15, 0.2) is 0 Å². The lowest BCUT2D eigenvalue weighted by molar-refractivity contribution is -0.0979. The number of hydrogen-bond donors (Lipinski definition) is 4. The van der Waals surface area contributed by atoms with E-state index in [1.807, 2.05) is 6.79 Å². The molecule has 0 aromatic carbocycles. The van der Waals surface area contributed by atoms with Gasteiger partial charge in [-0.05, 0) is 6.42 Å². The third-order valence-electron chi connectivity index (χ3n) is 2.78. The van der Waals surface area contributed by atoms with Crippen molar-refractivity contribution in [2.24, 2.45) is 5.73 Å². The molecule has 0 radical (unpaired) electrons. The molecule has 0 amide bonds. The van der Waals surface area contributed by atoms with Crippen LogP contribution >= 0.6 is 0 Å². The van der Waals surface area contributed by atoms with Crippen molar-refractivity contribution in [1.29, 1.82) is 0 Å². The molecule has 0 aliphatic heterocycles. The van der Waals surface area contributed by atoms with Gasteiger partial charge in [0, 0.05) is 24.9 Å². The van der Waals surface area contributed by atoms with Crippen molar-refractivity contribution in [2.45, 2.75) is 39.2 Å². The van der Waals surface area contributed by atoms with Gasteiger partial charge in [-0.3, -0.25) is 4.79 Å². The lowest BCUT2D eigenvalue weighted by atomic mass is 10.2. The highest BCUT2D eigenvalue weighted by atomic mass is 16.2. The molecule has 118 valence electrons. The monoisotopic (exact) mass is 296 g/mol. The normalized spacial score (nSPS) is 9.48. The maximum Gasteiger partial charge on any atom is 0.275 e. The number of aromatic nitrogens is 3. The Hall–Kier alpha value is -1.99. The van der Waals surface area contributed by atoms with Crippen LogP contribution in [0.3, 0.4) is 0 Å². The highest BCUT2D eigenvalue weighted by Crippen LogP contribution is 2.09. The molecule has 0 saturated heterocycles. The van der Waals surface area contributed by atoms with E-state index in [0.717, 1.165) is 12.0 Å². The zero-order valence-corrected chi connectivity index (χ0v) is 12.4. The standard InChI is InChI=1S/C7H8N4O.C6H14O.CH2O/c8-1-4-2-9-6-5(4)10-3-11-7(6)12;1-2-3-4-5-6-7;1-2/h2-3,9H,1,8H2,(H,10,11,12);7H,2-6H2,1H3;1H2. The zero-order valence-electron chi connectivity index (χ0n) is 12.4. The molecule has 5 N–H and O–H groups in total. The molecule has 0 saturated carbocycles. The van der Waals surface area contributed by atoms with Crippen molar-refractivity contribution in [1.82, 2.24) is 15.0 Å². The van der Waals surface area contributed by atoms with Crippen molar-refractivity contribution < 1.29 is 9.90 Å². The summed E-state index contributed by atoms with van der Waals surface area (Å²) in [4.78, 5) is 28.4. The van der Waals surface area contributed by atoms with Crippen LogP contribution in [0.4, 0.5) is 0 Å². The van der Waals surface area contributed by atoms with Crippen LogP contribution in [0.25, 0.3) is 11.0 Å². The van der Waals surface area contributed by atoms with Crippen LogP contribution in [0.15, 0.2) is 17.3 Å². The second-order valence-corrected chi connectivity index (χ2v) is 4.26. The largest absolute Gasteiger partial charge is 0.396 e. The van der Waals surface area contributed by atoms with E-state index in [0.29, 0.717) is 24.2 Å². The Morgan fingerprint density at radius 2 is 2.00 bits per heavy atom. The summed E-state index contributed by atoms with van der Waals surface area (Å²) < 4.78 is 0. The first-order valence-electron chi connectivity index (χ1n) is 6.88. The molecule has 2 rings (SSSR count). The van der Waals surface area contributed by atoms with Gasteiger partial charge in [0.25, 0.3) is 5.56 Å². The minimum atomic E-state index is -0.167. The van der Waals surface area contributed by atoms with E-state index < -0.39 is 0 Å². The number of fused-ring (bicyclic) bond motifs is 1. The van der Waals surface area contributed by atoms with Crippen LogP contribution in [-0.4, -0.2) is 33.5 Å². The van der Waals surface area contributed by atoms with E-state index in [1.54, 1.807) is 6.20 Å². The van der Waals surface area contributed by atoms with E-state index in [1.165, 1.54) is 25.6 Å². The van der Waals surface area contributed by atoms with E-state index in [2.05, 4.69) is 21.9 Å². The molecule has 21 heavy (non-hydrogen) atoms. The molecule has 0 aliphatic rings. The number of hydrogen-bond acceptors (Lipinski definition) is 5. The van der Waals surface area contributed by atoms with Crippen LogP contribution in [0.1, 0.15) is 38.2 Å². The molecular weight excluding hydrogens is 272 g/mol. The van der Waals surface area contributed by atoms with Crippen molar-refractivity contribution >= 4 is 17.8 Å². The van der Waals surface area contributed by atoms with Gasteiger partial charge in [0.2, 0.25) is 0 Å². The number of aromatic amines is 2. The molecule has 0 unspecified atom stereocenters. The van der Waals surface area contributed by atoms with E-state index in [9.17, 15) is 4.79 Å². The molecule has 2 aromatic rings. The lowest BCUT2D eigenvalue weighted by Gasteiger charge is -1.90. The first kappa shape index (κ1) is 19.0. The Balaban J connectivity index is 0.000000385. The summed E-state index contributed by atoms with van der Waals surface area (Å²) in [5.74, 6) is 0. The smallest absolute Gasteiger partial charge is 0.275 e. The molecule has 0 fully saturated rings. The number of nitrogens with zero attached hydrogens (tertiary/aromatic N) is 1. The molecule has 2 aromatic heterocycles. The van der Waals surface area contributed by atoms with E-state index in [-0.39, 0.29) is 5.56 Å². The second kappa shape index (κ2) is 11.8. The van der Waals surface area contributed by atoms with Crippen molar-refractivity contribution in [3.63, 3.8) is 0 Å². The number of carbonyl (C=O) groups is 1. The minimum absolute atomic E-state index is 0.167. The molecule has 7 nitrogen and oxygen atoms in total.